The Kier molecular flexibility index (Phi) is 4.13. The van der Waals surface area contributed by atoms with Crippen LogP contribution in [0.4, 0.5) is 0 Å². The molecule has 2 atom stereocenters. The molecule has 1 spiro atoms. The predicted octanol–water partition coefficient (Wildman–Crippen LogP) is 8.14. The fourth-order valence-electron chi connectivity index (χ4n) is 6.25. The summed E-state index contributed by atoms with van der Waals surface area (Å²) in [6.45, 7) is 10.9. The molecule has 0 N–H and O–H groups in total. The summed E-state index contributed by atoms with van der Waals surface area (Å²) in [7, 11) is 0. The molecule has 0 fully saturated rings. The number of allylic oxidation sites excluding steroid dienone is 8. The van der Waals surface area contributed by atoms with Gasteiger partial charge >= 0.3 is 0 Å². The lowest BCUT2D eigenvalue weighted by atomic mass is 9.67. The van der Waals surface area contributed by atoms with Crippen LogP contribution in [-0.4, -0.2) is 0 Å². The van der Waals surface area contributed by atoms with Crippen LogP contribution in [0, 0.1) is 5.92 Å². The van der Waals surface area contributed by atoms with Gasteiger partial charge in [0.05, 0.1) is 5.41 Å². The summed E-state index contributed by atoms with van der Waals surface area (Å²) in [5.41, 5.74) is 12.9. The smallest absolute Gasteiger partial charge is 0.0722 e. The van der Waals surface area contributed by atoms with E-state index in [1.807, 2.05) is 6.08 Å². The minimum absolute atomic E-state index is 0.313. The Morgan fingerprint density at radius 3 is 2.34 bits per heavy atom. The minimum Gasteiger partial charge on any atom is -0.0987 e. The molecule has 0 bridgehead atoms. The molecule has 0 heteroatoms. The zero-order valence-corrected chi connectivity index (χ0v) is 18.4. The van der Waals surface area contributed by atoms with Crippen LogP contribution in [0.5, 0.6) is 0 Å². The molecule has 3 aliphatic rings. The zero-order chi connectivity index (χ0) is 21.9. The lowest BCUT2D eigenvalue weighted by molar-refractivity contribution is 0.729. The van der Waals surface area contributed by atoms with Gasteiger partial charge in [-0.2, -0.15) is 0 Å². The van der Waals surface area contributed by atoms with Gasteiger partial charge in [-0.25, -0.2) is 0 Å². The lowest BCUT2D eigenvalue weighted by Crippen LogP contribution is -2.28. The van der Waals surface area contributed by atoms with E-state index in [1.54, 1.807) is 0 Å². The van der Waals surface area contributed by atoms with Gasteiger partial charge in [0.1, 0.15) is 0 Å². The highest BCUT2D eigenvalue weighted by molar-refractivity contribution is 5.99. The number of hydrogen-bond acceptors (Lipinski definition) is 0. The summed E-state index contributed by atoms with van der Waals surface area (Å²) < 4.78 is 0. The molecule has 0 saturated carbocycles. The third-order valence-electron chi connectivity index (χ3n) is 7.51. The van der Waals surface area contributed by atoms with E-state index in [9.17, 15) is 0 Å². The number of fused-ring (bicyclic) bond motifs is 6. The van der Waals surface area contributed by atoms with Gasteiger partial charge in [-0.15, -0.1) is 0 Å². The lowest BCUT2D eigenvalue weighted by Gasteiger charge is -2.33. The first-order valence-corrected chi connectivity index (χ1v) is 11.4. The summed E-state index contributed by atoms with van der Waals surface area (Å²) in [4.78, 5) is 0. The van der Waals surface area contributed by atoms with Crippen molar-refractivity contribution in [1.82, 2.24) is 0 Å². The Hall–Kier alpha value is -3.64. The van der Waals surface area contributed by atoms with Gasteiger partial charge in [0, 0.05) is 0 Å². The van der Waals surface area contributed by atoms with Gasteiger partial charge < -0.3 is 0 Å². The quantitative estimate of drug-likeness (QED) is 0.409. The first-order valence-electron chi connectivity index (χ1n) is 11.4. The van der Waals surface area contributed by atoms with Crippen molar-refractivity contribution in [1.29, 1.82) is 0 Å². The molecular formula is C32H26. The van der Waals surface area contributed by atoms with Crippen molar-refractivity contribution >= 4 is 11.1 Å². The molecule has 0 amide bonds. The average molecular weight is 411 g/mol. The molecule has 0 aromatic heterocycles. The minimum atomic E-state index is -0.313. The standard InChI is InChI=1S/C32H26/c1-4-24-26-20-23(22-13-7-6-8-14-22)18-19-29(26)32(27(24)5-2)28-16-10-9-15-25(28)31-21(3)12-11-17-30(31)32/h4-11,13-21H,1-2,12H2,3H3. The van der Waals surface area contributed by atoms with Crippen molar-refractivity contribution in [2.24, 2.45) is 5.92 Å². The van der Waals surface area contributed by atoms with Gasteiger partial charge in [-0.3, -0.25) is 0 Å². The Morgan fingerprint density at radius 1 is 0.812 bits per heavy atom. The van der Waals surface area contributed by atoms with Gasteiger partial charge in [0.15, 0.2) is 0 Å². The van der Waals surface area contributed by atoms with Crippen molar-refractivity contribution in [2.45, 2.75) is 18.8 Å². The van der Waals surface area contributed by atoms with E-state index in [1.165, 1.54) is 55.7 Å². The second-order valence-electron chi connectivity index (χ2n) is 9.02. The maximum Gasteiger partial charge on any atom is 0.0722 e. The predicted molar refractivity (Wildman–Crippen MR) is 136 cm³/mol. The van der Waals surface area contributed by atoms with E-state index >= 15 is 0 Å². The molecular weight excluding hydrogens is 384 g/mol. The second-order valence-corrected chi connectivity index (χ2v) is 9.02. The van der Waals surface area contributed by atoms with Crippen molar-refractivity contribution in [3.63, 3.8) is 0 Å². The number of rotatable bonds is 3. The fraction of sp³-hybridized carbons (Fsp3) is 0.125. The molecule has 6 rings (SSSR count). The molecule has 0 radical (unpaired) electrons. The van der Waals surface area contributed by atoms with Gasteiger partial charge in [0.25, 0.3) is 0 Å². The largest absolute Gasteiger partial charge is 0.0987 e. The van der Waals surface area contributed by atoms with Crippen LogP contribution >= 0.6 is 0 Å². The highest BCUT2D eigenvalue weighted by Crippen LogP contribution is 2.63. The van der Waals surface area contributed by atoms with Crippen LogP contribution in [0.3, 0.4) is 0 Å². The second kappa shape index (κ2) is 6.93. The number of benzene rings is 3. The van der Waals surface area contributed by atoms with E-state index < -0.39 is 0 Å². The molecule has 2 unspecified atom stereocenters. The first-order chi connectivity index (χ1) is 15.7. The van der Waals surface area contributed by atoms with Crippen molar-refractivity contribution in [3.05, 3.63) is 144 Å². The Labute approximate surface area is 190 Å². The zero-order valence-electron chi connectivity index (χ0n) is 18.4. The van der Waals surface area contributed by atoms with Gasteiger partial charge in [-0.1, -0.05) is 111 Å². The average Bonchev–Trinajstić information content (AvgIpc) is 3.30. The highest BCUT2D eigenvalue weighted by Gasteiger charge is 2.53. The third-order valence-corrected chi connectivity index (χ3v) is 7.51. The van der Waals surface area contributed by atoms with Gasteiger partial charge in [0.2, 0.25) is 0 Å². The molecule has 3 aromatic rings. The maximum absolute atomic E-state index is 4.30. The monoisotopic (exact) mass is 410 g/mol. The van der Waals surface area contributed by atoms with Crippen LogP contribution in [0.25, 0.3) is 22.3 Å². The SMILES string of the molecule is C=CC1=C(C=C)C2(C3=C(c4ccccc42)C(C)CC=C3)c2ccc(-c3ccccc3)cc21. The van der Waals surface area contributed by atoms with Crippen LogP contribution in [0.1, 0.15) is 35.6 Å². The molecule has 0 saturated heterocycles. The van der Waals surface area contributed by atoms with Crippen molar-refractivity contribution < 1.29 is 0 Å². The van der Waals surface area contributed by atoms with E-state index in [4.69, 9.17) is 0 Å². The Bertz CT molecular complexity index is 1380. The molecule has 3 aliphatic carbocycles. The number of hydrogen-bond donors (Lipinski definition) is 0. The fourth-order valence-corrected chi connectivity index (χ4v) is 6.25. The van der Waals surface area contributed by atoms with Crippen LogP contribution in [0.15, 0.2) is 121 Å². The van der Waals surface area contributed by atoms with E-state index in [0.29, 0.717) is 5.92 Å². The van der Waals surface area contributed by atoms with E-state index in [-0.39, 0.29) is 5.41 Å². The first kappa shape index (κ1) is 19.1. The molecule has 0 nitrogen and oxygen atoms in total. The topological polar surface area (TPSA) is 0 Å². The van der Waals surface area contributed by atoms with E-state index in [2.05, 4.69) is 111 Å². The van der Waals surface area contributed by atoms with Crippen LogP contribution in [0.2, 0.25) is 0 Å². The van der Waals surface area contributed by atoms with E-state index in [0.717, 1.165) is 6.42 Å². The van der Waals surface area contributed by atoms with Crippen LogP contribution in [-0.2, 0) is 5.41 Å². The third kappa shape index (κ3) is 2.27. The Balaban J connectivity index is 1.72. The van der Waals surface area contributed by atoms with Crippen LogP contribution < -0.4 is 0 Å². The summed E-state index contributed by atoms with van der Waals surface area (Å²) >= 11 is 0. The molecule has 3 aromatic carbocycles. The highest BCUT2D eigenvalue weighted by atomic mass is 14.5. The molecule has 32 heavy (non-hydrogen) atoms. The molecule has 154 valence electrons. The normalized spacial score (nSPS) is 22.7. The summed E-state index contributed by atoms with van der Waals surface area (Å²) in [6, 6.07) is 26.6. The summed E-state index contributed by atoms with van der Waals surface area (Å²) in [5, 5.41) is 0. The maximum atomic E-state index is 4.30. The van der Waals surface area contributed by atoms with Gasteiger partial charge in [-0.05, 0) is 74.1 Å². The van der Waals surface area contributed by atoms with Crippen molar-refractivity contribution in [2.75, 3.05) is 0 Å². The van der Waals surface area contributed by atoms with Crippen molar-refractivity contribution in [3.8, 4) is 11.1 Å². The molecule has 0 heterocycles. The summed E-state index contributed by atoms with van der Waals surface area (Å²) in [5.74, 6) is 0.501. The summed E-state index contributed by atoms with van der Waals surface area (Å²) in [6.07, 6.45) is 9.90. The Morgan fingerprint density at radius 2 is 1.56 bits per heavy atom. The molecule has 0 aliphatic heterocycles.